The molecule has 1 aliphatic heterocycles. The number of ether oxygens (including phenoxy) is 3. The number of aliphatic hydroxyl groups excluding tert-OH is 2. The molecule has 0 bridgehead atoms. The van der Waals surface area contributed by atoms with Gasteiger partial charge in [0.05, 0.1) is 6.61 Å². The maximum absolute atomic E-state index is 10.7. The Morgan fingerprint density at radius 1 is 0.879 bits per heavy atom. The lowest BCUT2D eigenvalue weighted by molar-refractivity contribution is -0.255. The Morgan fingerprint density at radius 3 is 2.15 bits per heavy atom. The number of aryl methyl sites for hydroxylation is 1. The standard InChI is InChI=1S/C27H46O6/c1-2-3-4-5-6-7-8-9-10-14-19-31-22-27(30)26(29)25(24(21-28)33-27)32-20-15-18-23-16-12-11-13-17-23/h11-13,16-17,24-26,28-30H,2-10,14-15,18-22H2,1H3/t24-,25+,26-,27+/m0/s1. The van der Waals surface area contributed by atoms with Crippen LogP contribution in [0.15, 0.2) is 30.3 Å². The molecule has 4 atom stereocenters. The first-order valence-corrected chi connectivity index (χ1v) is 13.0. The molecule has 6 heteroatoms. The summed E-state index contributed by atoms with van der Waals surface area (Å²) in [6.45, 7) is 2.70. The van der Waals surface area contributed by atoms with E-state index in [0.29, 0.717) is 13.2 Å². The van der Waals surface area contributed by atoms with Crippen LogP contribution in [0.1, 0.15) is 83.1 Å². The van der Waals surface area contributed by atoms with Crippen molar-refractivity contribution in [2.24, 2.45) is 0 Å². The monoisotopic (exact) mass is 466 g/mol. The highest BCUT2D eigenvalue weighted by Gasteiger charge is 2.54. The zero-order valence-electron chi connectivity index (χ0n) is 20.5. The maximum Gasteiger partial charge on any atom is 0.219 e. The van der Waals surface area contributed by atoms with Gasteiger partial charge in [-0.2, -0.15) is 0 Å². The van der Waals surface area contributed by atoms with Gasteiger partial charge in [-0.1, -0.05) is 95.0 Å². The van der Waals surface area contributed by atoms with E-state index in [1.54, 1.807) is 0 Å². The first-order chi connectivity index (χ1) is 16.1. The molecule has 33 heavy (non-hydrogen) atoms. The van der Waals surface area contributed by atoms with Crippen LogP contribution in [-0.2, 0) is 20.6 Å². The fraction of sp³-hybridized carbons (Fsp3) is 0.778. The third-order valence-corrected chi connectivity index (χ3v) is 6.39. The number of aliphatic hydroxyl groups is 3. The highest BCUT2D eigenvalue weighted by molar-refractivity contribution is 5.14. The number of benzene rings is 1. The molecule has 6 nitrogen and oxygen atoms in total. The predicted molar refractivity (Wildman–Crippen MR) is 130 cm³/mol. The van der Waals surface area contributed by atoms with Crippen LogP contribution in [0.2, 0.25) is 0 Å². The van der Waals surface area contributed by atoms with Gasteiger partial charge < -0.3 is 29.5 Å². The van der Waals surface area contributed by atoms with E-state index in [1.165, 1.54) is 56.9 Å². The molecule has 1 aliphatic rings. The van der Waals surface area contributed by atoms with Gasteiger partial charge in [-0.3, -0.25) is 0 Å². The van der Waals surface area contributed by atoms with Gasteiger partial charge in [0, 0.05) is 13.2 Å². The lowest BCUT2D eigenvalue weighted by atomic mass is 10.1. The summed E-state index contributed by atoms with van der Waals surface area (Å²) in [7, 11) is 0. The summed E-state index contributed by atoms with van der Waals surface area (Å²) in [6, 6.07) is 10.1. The van der Waals surface area contributed by atoms with Gasteiger partial charge in [0.2, 0.25) is 5.79 Å². The average molecular weight is 467 g/mol. The van der Waals surface area contributed by atoms with Crippen molar-refractivity contribution < 1.29 is 29.5 Å². The van der Waals surface area contributed by atoms with Crippen molar-refractivity contribution in [2.75, 3.05) is 26.4 Å². The third kappa shape index (κ3) is 10.4. The largest absolute Gasteiger partial charge is 0.394 e. The smallest absolute Gasteiger partial charge is 0.219 e. The molecule has 1 aromatic carbocycles. The molecule has 1 fully saturated rings. The minimum Gasteiger partial charge on any atom is -0.394 e. The van der Waals surface area contributed by atoms with Crippen LogP contribution in [0.25, 0.3) is 0 Å². The van der Waals surface area contributed by atoms with Gasteiger partial charge in [0.1, 0.15) is 24.9 Å². The zero-order valence-corrected chi connectivity index (χ0v) is 20.5. The van der Waals surface area contributed by atoms with E-state index in [-0.39, 0.29) is 13.2 Å². The van der Waals surface area contributed by atoms with Crippen molar-refractivity contribution in [3.05, 3.63) is 35.9 Å². The van der Waals surface area contributed by atoms with E-state index < -0.39 is 24.1 Å². The Kier molecular flexibility index (Phi) is 14.2. The van der Waals surface area contributed by atoms with Crippen molar-refractivity contribution in [1.82, 2.24) is 0 Å². The van der Waals surface area contributed by atoms with Crippen LogP contribution >= 0.6 is 0 Å². The summed E-state index contributed by atoms with van der Waals surface area (Å²) >= 11 is 0. The summed E-state index contributed by atoms with van der Waals surface area (Å²) in [5, 5.41) is 31.0. The molecular weight excluding hydrogens is 420 g/mol. The van der Waals surface area contributed by atoms with Crippen molar-refractivity contribution in [1.29, 1.82) is 0 Å². The minimum absolute atomic E-state index is 0.133. The average Bonchev–Trinajstić information content (AvgIpc) is 3.08. The van der Waals surface area contributed by atoms with Crippen LogP contribution < -0.4 is 0 Å². The zero-order chi connectivity index (χ0) is 23.8. The predicted octanol–water partition coefficient (Wildman–Crippen LogP) is 4.38. The summed E-state index contributed by atoms with van der Waals surface area (Å²) in [5.74, 6) is -1.85. The van der Waals surface area contributed by atoms with Gasteiger partial charge in [-0.15, -0.1) is 0 Å². The highest BCUT2D eigenvalue weighted by atomic mass is 16.7. The van der Waals surface area contributed by atoms with Gasteiger partial charge >= 0.3 is 0 Å². The Morgan fingerprint density at radius 2 is 1.52 bits per heavy atom. The second-order valence-corrected chi connectivity index (χ2v) is 9.29. The molecule has 0 amide bonds. The van der Waals surface area contributed by atoms with Gasteiger partial charge in [-0.05, 0) is 24.8 Å². The number of hydrogen-bond donors (Lipinski definition) is 3. The SMILES string of the molecule is CCCCCCCCCCCCOC[C@@]1(O)O[C@@H](CO)[C@@H](OCCCc2ccccc2)[C@@H]1O. The molecular formula is C27H46O6. The molecule has 0 unspecified atom stereocenters. The molecule has 2 rings (SSSR count). The lowest BCUT2D eigenvalue weighted by Gasteiger charge is -2.26. The molecule has 1 saturated heterocycles. The number of rotatable bonds is 19. The van der Waals surface area contributed by atoms with E-state index in [4.69, 9.17) is 14.2 Å². The second kappa shape index (κ2) is 16.6. The third-order valence-electron chi connectivity index (χ3n) is 6.39. The molecule has 0 spiro atoms. The Hall–Kier alpha value is -1.02. The van der Waals surface area contributed by atoms with Gasteiger partial charge in [0.15, 0.2) is 0 Å². The summed E-state index contributed by atoms with van der Waals surface area (Å²) in [6.07, 6.45) is 11.3. The molecule has 0 saturated carbocycles. The number of hydrogen-bond acceptors (Lipinski definition) is 6. The topological polar surface area (TPSA) is 88.4 Å². The summed E-state index contributed by atoms with van der Waals surface area (Å²) in [5.41, 5.74) is 1.22. The van der Waals surface area contributed by atoms with Crippen molar-refractivity contribution >= 4 is 0 Å². The maximum atomic E-state index is 10.7. The first kappa shape index (κ1) is 28.2. The molecule has 3 N–H and O–H groups in total. The van der Waals surface area contributed by atoms with Crippen molar-refractivity contribution in [3.8, 4) is 0 Å². The molecule has 1 aromatic rings. The highest BCUT2D eigenvalue weighted by Crippen LogP contribution is 2.31. The van der Waals surface area contributed by atoms with E-state index in [1.807, 2.05) is 18.2 Å². The normalized spacial score (nSPS) is 25.0. The Bertz CT molecular complexity index is 598. The van der Waals surface area contributed by atoms with E-state index in [2.05, 4.69) is 19.1 Å². The second-order valence-electron chi connectivity index (χ2n) is 9.29. The van der Waals surface area contributed by atoms with Crippen LogP contribution in [0.3, 0.4) is 0 Å². The van der Waals surface area contributed by atoms with E-state index >= 15 is 0 Å². The van der Waals surface area contributed by atoms with E-state index in [9.17, 15) is 15.3 Å². The Balaban J connectivity index is 1.57. The van der Waals surface area contributed by atoms with Crippen LogP contribution in [0.5, 0.6) is 0 Å². The minimum atomic E-state index is -1.85. The molecule has 0 radical (unpaired) electrons. The van der Waals surface area contributed by atoms with Gasteiger partial charge in [-0.25, -0.2) is 0 Å². The molecule has 1 heterocycles. The summed E-state index contributed by atoms with van der Waals surface area (Å²) < 4.78 is 17.0. The van der Waals surface area contributed by atoms with E-state index in [0.717, 1.165) is 25.7 Å². The number of unbranched alkanes of at least 4 members (excludes halogenated alkanes) is 9. The van der Waals surface area contributed by atoms with Crippen LogP contribution in [-0.4, -0.2) is 65.8 Å². The molecule has 190 valence electrons. The lowest BCUT2D eigenvalue weighted by Crippen LogP contribution is -2.47. The fourth-order valence-electron chi connectivity index (χ4n) is 4.37. The first-order valence-electron chi connectivity index (χ1n) is 13.0. The quantitative estimate of drug-likeness (QED) is 0.262. The summed E-state index contributed by atoms with van der Waals surface area (Å²) in [4.78, 5) is 0. The van der Waals surface area contributed by atoms with Crippen LogP contribution in [0, 0.1) is 0 Å². The Labute approximate surface area is 200 Å². The molecule has 0 aromatic heterocycles. The van der Waals surface area contributed by atoms with Crippen molar-refractivity contribution in [3.63, 3.8) is 0 Å². The van der Waals surface area contributed by atoms with Gasteiger partial charge in [0.25, 0.3) is 0 Å². The molecule has 0 aliphatic carbocycles. The van der Waals surface area contributed by atoms with Crippen molar-refractivity contribution in [2.45, 2.75) is 108 Å². The van der Waals surface area contributed by atoms with Crippen LogP contribution in [0.4, 0.5) is 0 Å². The fourth-order valence-corrected chi connectivity index (χ4v) is 4.37.